The van der Waals surface area contributed by atoms with E-state index in [-0.39, 0.29) is 11.9 Å². The molecular formula is C18H28N4O. The van der Waals surface area contributed by atoms with Crippen LogP contribution in [0.3, 0.4) is 0 Å². The first-order valence-corrected chi connectivity index (χ1v) is 8.50. The van der Waals surface area contributed by atoms with Crippen molar-refractivity contribution in [3.63, 3.8) is 0 Å². The Morgan fingerprint density at radius 2 is 2.22 bits per heavy atom. The van der Waals surface area contributed by atoms with Crippen LogP contribution >= 0.6 is 0 Å². The van der Waals surface area contributed by atoms with Crippen LogP contribution in [0.1, 0.15) is 37.8 Å². The highest BCUT2D eigenvalue weighted by Gasteiger charge is 2.25. The Bertz CT molecular complexity index is 556. The summed E-state index contributed by atoms with van der Waals surface area (Å²) in [6, 6.07) is 8.68. The fourth-order valence-corrected chi connectivity index (χ4v) is 2.82. The number of amides is 1. The van der Waals surface area contributed by atoms with Crippen LogP contribution in [0.5, 0.6) is 0 Å². The van der Waals surface area contributed by atoms with E-state index in [1.807, 2.05) is 11.8 Å². The molecule has 126 valence electrons. The van der Waals surface area contributed by atoms with Crippen LogP contribution in [-0.4, -0.2) is 42.4 Å². The van der Waals surface area contributed by atoms with Gasteiger partial charge in [0.25, 0.3) is 0 Å². The second kappa shape index (κ2) is 8.56. The van der Waals surface area contributed by atoms with Crippen molar-refractivity contribution in [1.29, 1.82) is 0 Å². The lowest BCUT2D eigenvalue weighted by molar-refractivity contribution is -0.129. The van der Waals surface area contributed by atoms with E-state index >= 15 is 0 Å². The number of aryl methyl sites for hydroxylation is 1. The molecule has 2 rings (SSSR count). The molecule has 0 saturated carbocycles. The maximum Gasteiger partial charge on any atom is 0.222 e. The molecule has 5 heteroatoms. The number of carbonyl (C=O) groups is 1. The van der Waals surface area contributed by atoms with Crippen molar-refractivity contribution in [1.82, 2.24) is 15.5 Å². The lowest BCUT2D eigenvalue weighted by Crippen LogP contribution is -2.45. The van der Waals surface area contributed by atoms with Crippen molar-refractivity contribution >= 4 is 11.9 Å². The second-order valence-electron chi connectivity index (χ2n) is 6.01. The van der Waals surface area contributed by atoms with Crippen LogP contribution in [0.4, 0.5) is 0 Å². The monoisotopic (exact) mass is 316 g/mol. The van der Waals surface area contributed by atoms with Crippen molar-refractivity contribution in [2.75, 3.05) is 19.6 Å². The van der Waals surface area contributed by atoms with E-state index in [9.17, 15) is 4.79 Å². The highest BCUT2D eigenvalue weighted by atomic mass is 16.2. The van der Waals surface area contributed by atoms with E-state index in [1.165, 1.54) is 11.1 Å². The standard InChI is InChI=1S/C18H28N4O/c1-4-17(23)22-10-9-16(13-22)21-18(19-5-2)20-12-15-8-6-7-14(3)11-15/h6-8,11,16H,4-5,9-10,12-13H2,1-3H3,(H2,19,20,21). The van der Waals surface area contributed by atoms with Crippen LogP contribution in [0.25, 0.3) is 0 Å². The molecule has 1 aliphatic rings. The van der Waals surface area contributed by atoms with Crippen molar-refractivity contribution in [2.24, 2.45) is 4.99 Å². The predicted octanol–water partition coefficient (Wildman–Crippen LogP) is 2.06. The van der Waals surface area contributed by atoms with E-state index < -0.39 is 0 Å². The summed E-state index contributed by atoms with van der Waals surface area (Å²) in [6.45, 7) is 9.14. The van der Waals surface area contributed by atoms with Gasteiger partial charge in [-0.1, -0.05) is 36.8 Å². The van der Waals surface area contributed by atoms with Crippen molar-refractivity contribution < 1.29 is 4.79 Å². The predicted molar refractivity (Wildman–Crippen MR) is 94.4 cm³/mol. The number of aliphatic imine (C=N–C) groups is 1. The molecule has 23 heavy (non-hydrogen) atoms. The molecule has 0 aliphatic carbocycles. The molecule has 0 spiro atoms. The quantitative estimate of drug-likeness (QED) is 0.646. The molecule has 0 bridgehead atoms. The van der Waals surface area contributed by atoms with Gasteiger partial charge < -0.3 is 15.5 Å². The number of benzene rings is 1. The van der Waals surface area contributed by atoms with Gasteiger partial charge in [-0.05, 0) is 25.8 Å². The van der Waals surface area contributed by atoms with E-state index in [0.29, 0.717) is 13.0 Å². The minimum Gasteiger partial charge on any atom is -0.357 e. The summed E-state index contributed by atoms with van der Waals surface area (Å²) in [4.78, 5) is 18.4. The van der Waals surface area contributed by atoms with Gasteiger partial charge in [-0.25, -0.2) is 4.99 Å². The normalized spacial score (nSPS) is 18.1. The first kappa shape index (κ1) is 17.3. The Balaban J connectivity index is 1.93. The molecule has 1 heterocycles. The second-order valence-corrected chi connectivity index (χ2v) is 6.01. The van der Waals surface area contributed by atoms with Gasteiger partial charge >= 0.3 is 0 Å². The van der Waals surface area contributed by atoms with Crippen molar-refractivity contribution in [3.05, 3.63) is 35.4 Å². The van der Waals surface area contributed by atoms with Gasteiger partial charge in [0.15, 0.2) is 5.96 Å². The topological polar surface area (TPSA) is 56.7 Å². The first-order chi connectivity index (χ1) is 11.1. The molecule has 1 aliphatic heterocycles. The molecule has 1 aromatic rings. The minimum absolute atomic E-state index is 0.232. The SMILES string of the molecule is CCNC(=NCc1cccc(C)c1)NC1CCN(C(=O)CC)C1. The summed E-state index contributed by atoms with van der Waals surface area (Å²) in [6.07, 6.45) is 1.55. The van der Waals surface area contributed by atoms with Crippen molar-refractivity contribution in [2.45, 2.75) is 46.2 Å². The molecule has 1 unspecified atom stereocenters. The van der Waals surface area contributed by atoms with Gasteiger partial charge in [0.1, 0.15) is 0 Å². The third kappa shape index (κ3) is 5.27. The van der Waals surface area contributed by atoms with Crippen LogP contribution in [0.2, 0.25) is 0 Å². The van der Waals surface area contributed by atoms with Crippen molar-refractivity contribution in [3.8, 4) is 0 Å². The van der Waals surface area contributed by atoms with Gasteiger partial charge in [-0.2, -0.15) is 0 Å². The fraction of sp³-hybridized carbons (Fsp3) is 0.556. The van der Waals surface area contributed by atoms with E-state index in [4.69, 9.17) is 0 Å². The zero-order valence-corrected chi connectivity index (χ0v) is 14.4. The molecule has 5 nitrogen and oxygen atoms in total. The maximum atomic E-state index is 11.8. The van der Waals surface area contributed by atoms with Crippen LogP contribution in [0.15, 0.2) is 29.3 Å². The Labute approximate surface area is 139 Å². The summed E-state index contributed by atoms with van der Waals surface area (Å²) >= 11 is 0. The first-order valence-electron chi connectivity index (χ1n) is 8.50. The third-order valence-corrected chi connectivity index (χ3v) is 4.03. The van der Waals surface area contributed by atoms with Crippen LogP contribution < -0.4 is 10.6 Å². The van der Waals surface area contributed by atoms with Gasteiger partial charge in [-0.15, -0.1) is 0 Å². The highest BCUT2D eigenvalue weighted by molar-refractivity contribution is 5.80. The molecule has 1 amide bonds. The van der Waals surface area contributed by atoms with E-state index in [0.717, 1.165) is 32.0 Å². The Hall–Kier alpha value is -2.04. The number of hydrogen-bond donors (Lipinski definition) is 2. The zero-order valence-electron chi connectivity index (χ0n) is 14.4. The molecule has 0 radical (unpaired) electrons. The highest BCUT2D eigenvalue weighted by Crippen LogP contribution is 2.10. The van der Waals surface area contributed by atoms with E-state index in [2.05, 4.69) is 53.7 Å². The third-order valence-electron chi connectivity index (χ3n) is 4.03. The Morgan fingerprint density at radius 1 is 1.39 bits per heavy atom. The summed E-state index contributed by atoms with van der Waals surface area (Å²) in [5, 5.41) is 6.74. The number of carbonyl (C=O) groups excluding carboxylic acids is 1. The molecule has 1 fully saturated rings. The summed E-state index contributed by atoms with van der Waals surface area (Å²) in [7, 11) is 0. The smallest absolute Gasteiger partial charge is 0.222 e. The average molecular weight is 316 g/mol. The Kier molecular flexibility index (Phi) is 6.44. The number of nitrogens with zero attached hydrogens (tertiary/aromatic N) is 2. The molecule has 2 N–H and O–H groups in total. The number of likely N-dealkylation sites (tertiary alicyclic amines) is 1. The number of nitrogens with one attached hydrogen (secondary N) is 2. The van der Waals surface area contributed by atoms with E-state index in [1.54, 1.807) is 0 Å². The number of hydrogen-bond acceptors (Lipinski definition) is 2. The van der Waals surface area contributed by atoms with Gasteiger partial charge in [0.2, 0.25) is 5.91 Å². The molecular weight excluding hydrogens is 288 g/mol. The van der Waals surface area contributed by atoms with Gasteiger partial charge in [0.05, 0.1) is 6.54 Å². The fourth-order valence-electron chi connectivity index (χ4n) is 2.82. The maximum absolute atomic E-state index is 11.8. The summed E-state index contributed by atoms with van der Waals surface area (Å²) in [5.41, 5.74) is 2.46. The lowest BCUT2D eigenvalue weighted by atomic mass is 10.1. The number of guanidine groups is 1. The lowest BCUT2D eigenvalue weighted by Gasteiger charge is -2.18. The number of rotatable bonds is 5. The van der Waals surface area contributed by atoms with Gasteiger partial charge in [0, 0.05) is 32.1 Å². The Morgan fingerprint density at radius 3 is 2.91 bits per heavy atom. The molecule has 1 aromatic carbocycles. The minimum atomic E-state index is 0.232. The summed E-state index contributed by atoms with van der Waals surface area (Å²) in [5.74, 6) is 1.06. The molecule has 1 atom stereocenters. The zero-order chi connectivity index (χ0) is 16.7. The summed E-state index contributed by atoms with van der Waals surface area (Å²) < 4.78 is 0. The van der Waals surface area contributed by atoms with Gasteiger partial charge in [-0.3, -0.25) is 4.79 Å². The van der Waals surface area contributed by atoms with Crippen LogP contribution in [0, 0.1) is 6.92 Å². The average Bonchev–Trinajstić information content (AvgIpc) is 3.01. The molecule has 0 aromatic heterocycles. The van der Waals surface area contributed by atoms with Crippen LogP contribution in [-0.2, 0) is 11.3 Å². The largest absolute Gasteiger partial charge is 0.357 e. The molecule has 1 saturated heterocycles.